The van der Waals surface area contributed by atoms with E-state index in [4.69, 9.17) is 14.1 Å². The molecule has 1 aromatic rings. The van der Waals surface area contributed by atoms with E-state index in [2.05, 4.69) is 15.1 Å². The predicted molar refractivity (Wildman–Crippen MR) is 120 cm³/mol. The summed E-state index contributed by atoms with van der Waals surface area (Å²) in [6.07, 6.45) is 7.20. The number of carbonyl (C=O) groups excluding carboxylic acids is 1. The molecule has 31 heavy (non-hydrogen) atoms. The van der Waals surface area contributed by atoms with Crippen molar-refractivity contribution in [3.8, 4) is 0 Å². The molecule has 0 aliphatic carbocycles. The third kappa shape index (κ3) is 6.71. The van der Waals surface area contributed by atoms with Gasteiger partial charge in [-0.2, -0.15) is 0 Å². The molecule has 172 valence electrons. The van der Waals surface area contributed by atoms with Crippen LogP contribution in [-0.4, -0.2) is 98.7 Å². The van der Waals surface area contributed by atoms with E-state index in [-0.39, 0.29) is 0 Å². The fourth-order valence-corrected chi connectivity index (χ4v) is 4.52. The molecular weight excluding hydrogens is 394 g/mol. The number of piperazine rings is 1. The number of nitrogens with zero attached hydrogens (tertiary/aromatic N) is 4. The van der Waals surface area contributed by atoms with Gasteiger partial charge in [0.15, 0.2) is 5.96 Å². The highest BCUT2D eigenvalue weighted by Crippen LogP contribution is 2.13. The van der Waals surface area contributed by atoms with Crippen molar-refractivity contribution in [1.82, 2.24) is 20.0 Å². The summed E-state index contributed by atoms with van der Waals surface area (Å²) < 4.78 is 11.0. The topological polar surface area (TPSA) is 73.5 Å². The second-order valence-electron chi connectivity index (χ2n) is 8.85. The van der Waals surface area contributed by atoms with Crippen LogP contribution in [0.1, 0.15) is 31.4 Å². The monoisotopic (exact) mass is 431 g/mol. The lowest BCUT2D eigenvalue weighted by atomic mass is 10.1. The second-order valence-corrected chi connectivity index (χ2v) is 8.85. The average molecular weight is 432 g/mol. The van der Waals surface area contributed by atoms with Gasteiger partial charge in [0, 0.05) is 71.3 Å². The summed E-state index contributed by atoms with van der Waals surface area (Å²) in [5.74, 6) is 2.77. The number of hydrogen-bond donors (Lipinski definition) is 1. The largest absolute Gasteiger partial charge is 0.469 e. The number of guanidine groups is 1. The molecule has 1 N–H and O–H groups in total. The molecule has 3 fully saturated rings. The van der Waals surface area contributed by atoms with Gasteiger partial charge in [-0.15, -0.1) is 0 Å². The van der Waals surface area contributed by atoms with Crippen molar-refractivity contribution in [2.24, 2.45) is 10.9 Å². The van der Waals surface area contributed by atoms with Gasteiger partial charge < -0.3 is 24.3 Å². The predicted octanol–water partition coefficient (Wildman–Crippen LogP) is 1.43. The molecule has 3 aliphatic heterocycles. The van der Waals surface area contributed by atoms with E-state index >= 15 is 0 Å². The molecule has 1 unspecified atom stereocenters. The van der Waals surface area contributed by atoms with Crippen LogP contribution >= 0.6 is 0 Å². The van der Waals surface area contributed by atoms with Crippen LogP contribution in [0.4, 0.5) is 0 Å². The summed E-state index contributed by atoms with van der Waals surface area (Å²) in [5, 5.41) is 3.54. The molecule has 0 saturated carbocycles. The van der Waals surface area contributed by atoms with Crippen molar-refractivity contribution < 1.29 is 13.9 Å². The highest BCUT2D eigenvalue weighted by Gasteiger charge is 2.24. The van der Waals surface area contributed by atoms with Crippen LogP contribution in [0.25, 0.3) is 0 Å². The summed E-state index contributed by atoms with van der Waals surface area (Å²) in [6, 6.07) is 3.93. The summed E-state index contributed by atoms with van der Waals surface area (Å²) in [7, 11) is 0. The molecule has 1 aromatic heterocycles. The van der Waals surface area contributed by atoms with Crippen LogP contribution < -0.4 is 5.32 Å². The van der Waals surface area contributed by atoms with Crippen molar-refractivity contribution in [2.75, 3.05) is 72.1 Å². The fourth-order valence-electron chi connectivity index (χ4n) is 4.52. The standard InChI is InChI=1S/C23H37N5O3/c29-22(27-9-2-1-3-10-27)18-26-11-13-28(14-12-26)23(25-17-20-7-16-30-19-20)24-8-6-21-5-4-15-31-21/h4-5,15,20H,1-3,6-14,16-19H2,(H,24,25). The maximum absolute atomic E-state index is 12.6. The zero-order chi connectivity index (χ0) is 21.3. The van der Waals surface area contributed by atoms with Gasteiger partial charge in [-0.1, -0.05) is 0 Å². The van der Waals surface area contributed by atoms with Gasteiger partial charge in [0.25, 0.3) is 0 Å². The quantitative estimate of drug-likeness (QED) is 0.520. The van der Waals surface area contributed by atoms with Gasteiger partial charge in [-0.25, -0.2) is 0 Å². The first kappa shape index (κ1) is 22.1. The lowest BCUT2D eigenvalue weighted by molar-refractivity contribution is -0.133. The van der Waals surface area contributed by atoms with Crippen LogP contribution in [0.2, 0.25) is 0 Å². The SMILES string of the molecule is O=C(CN1CCN(C(=NCC2CCOC2)NCCc2ccco2)CC1)N1CCCCC1. The summed E-state index contributed by atoms with van der Waals surface area (Å²) in [6.45, 7) is 9.24. The van der Waals surface area contributed by atoms with Crippen LogP contribution in [0.5, 0.6) is 0 Å². The Morgan fingerprint density at radius 2 is 1.94 bits per heavy atom. The Labute approximate surface area is 185 Å². The highest BCUT2D eigenvalue weighted by molar-refractivity contribution is 5.80. The van der Waals surface area contributed by atoms with E-state index in [1.54, 1.807) is 6.26 Å². The Balaban J connectivity index is 1.26. The second kappa shape index (κ2) is 11.5. The van der Waals surface area contributed by atoms with Gasteiger partial charge in [0.05, 0.1) is 19.4 Å². The minimum atomic E-state index is 0.292. The maximum Gasteiger partial charge on any atom is 0.236 e. The number of nitrogens with one attached hydrogen (secondary N) is 1. The zero-order valence-corrected chi connectivity index (χ0v) is 18.6. The first-order chi connectivity index (χ1) is 15.3. The average Bonchev–Trinajstić information content (AvgIpc) is 3.52. The number of piperidine rings is 1. The first-order valence-corrected chi connectivity index (χ1v) is 11.9. The molecule has 0 spiro atoms. The van der Waals surface area contributed by atoms with Crippen LogP contribution in [0.15, 0.2) is 27.8 Å². The van der Waals surface area contributed by atoms with E-state index in [0.29, 0.717) is 18.4 Å². The van der Waals surface area contributed by atoms with Crippen molar-refractivity contribution >= 4 is 11.9 Å². The minimum absolute atomic E-state index is 0.292. The van der Waals surface area contributed by atoms with Crippen molar-refractivity contribution in [3.05, 3.63) is 24.2 Å². The Hall–Kier alpha value is -2.06. The zero-order valence-electron chi connectivity index (χ0n) is 18.6. The van der Waals surface area contributed by atoms with Crippen LogP contribution in [0, 0.1) is 5.92 Å². The third-order valence-corrected chi connectivity index (χ3v) is 6.50. The number of ether oxygens (including phenoxy) is 1. The fraction of sp³-hybridized carbons (Fsp3) is 0.739. The molecule has 0 aromatic carbocycles. The van der Waals surface area contributed by atoms with Crippen molar-refractivity contribution in [1.29, 1.82) is 0 Å². The molecule has 1 amide bonds. The molecule has 8 heteroatoms. The molecule has 4 rings (SSSR count). The summed E-state index contributed by atoms with van der Waals surface area (Å²) >= 11 is 0. The Bertz CT molecular complexity index is 688. The normalized spacial score (nSPS) is 23.4. The molecule has 0 bridgehead atoms. The lowest BCUT2D eigenvalue weighted by Crippen LogP contribution is -2.54. The minimum Gasteiger partial charge on any atom is -0.469 e. The number of likely N-dealkylation sites (tertiary alicyclic amines) is 1. The van der Waals surface area contributed by atoms with E-state index in [0.717, 1.165) is 103 Å². The number of amides is 1. The molecule has 4 heterocycles. The van der Waals surface area contributed by atoms with Gasteiger partial charge in [-0.05, 0) is 37.8 Å². The number of aliphatic imine (C=N–C) groups is 1. The van der Waals surface area contributed by atoms with E-state index in [9.17, 15) is 4.79 Å². The number of hydrogen-bond acceptors (Lipinski definition) is 5. The maximum atomic E-state index is 12.6. The summed E-state index contributed by atoms with van der Waals surface area (Å²) in [5.41, 5.74) is 0. The van der Waals surface area contributed by atoms with Gasteiger partial charge in [0.2, 0.25) is 5.91 Å². The molecule has 1 atom stereocenters. The van der Waals surface area contributed by atoms with Gasteiger partial charge >= 0.3 is 0 Å². The van der Waals surface area contributed by atoms with E-state index in [1.807, 2.05) is 17.0 Å². The van der Waals surface area contributed by atoms with E-state index < -0.39 is 0 Å². The Morgan fingerprint density at radius 1 is 1.10 bits per heavy atom. The molecule has 0 radical (unpaired) electrons. The molecule has 3 aliphatic rings. The van der Waals surface area contributed by atoms with Crippen LogP contribution in [-0.2, 0) is 16.0 Å². The smallest absolute Gasteiger partial charge is 0.236 e. The lowest BCUT2D eigenvalue weighted by Gasteiger charge is -2.37. The number of furan rings is 1. The van der Waals surface area contributed by atoms with Crippen molar-refractivity contribution in [3.63, 3.8) is 0 Å². The van der Waals surface area contributed by atoms with Gasteiger partial charge in [-0.3, -0.25) is 14.7 Å². The third-order valence-electron chi connectivity index (χ3n) is 6.50. The highest BCUT2D eigenvalue weighted by atomic mass is 16.5. The molecule has 3 saturated heterocycles. The number of rotatable bonds is 7. The van der Waals surface area contributed by atoms with E-state index in [1.165, 1.54) is 6.42 Å². The Morgan fingerprint density at radius 3 is 2.65 bits per heavy atom. The number of carbonyl (C=O) groups is 1. The van der Waals surface area contributed by atoms with Crippen LogP contribution in [0.3, 0.4) is 0 Å². The van der Waals surface area contributed by atoms with Gasteiger partial charge in [0.1, 0.15) is 5.76 Å². The molecule has 8 nitrogen and oxygen atoms in total. The Kier molecular flexibility index (Phi) is 8.24. The molecular formula is C23H37N5O3. The first-order valence-electron chi connectivity index (χ1n) is 11.9. The summed E-state index contributed by atoms with van der Waals surface area (Å²) in [4.78, 5) is 24.2. The van der Waals surface area contributed by atoms with Crippen molar-refractivity contribution in [2.45, 2.75) is 32.1 Å².